The quantitative estimate of drug-likeness (QED) is 0.806. The van der Waals surface area contributed by atoms with E-state index in [0.29, 0.717) is 0 Å². The minimum absolute atomic E-state index is 0.726. The van der Waals surface area contributed by atoms with Crippen LogP contribution < -0.4 is 0 Å². The molecule has 0 unspecified atom stereocenters. The molecule has 0 aliphatic heterocycles. The van der Waals surface area contributed by atoms with Gasteiger partial charge in [-0.3, -0.25) is 0 Å². The minimum atomic E-state index is 0.726. The van der Waals surface area contributed by atoms with E-state index >= 15 is 0 Å². The molecule has 19 heavy (non-hydrogen) atoms. The molecule has 0 bridgehead atoms. The average molecular weight is 276 g/mol. The van der Waals surface area contributed by atoms with E-state index in [1.165, 1.54) is 32.1 Å². The summed E-state index contributed by atoms with van der Waals surface area (Å²) in [6, 6.07) is 2.04. The lowest BCUT2D eigenvalue weighted by atomic mass is 9.91. The van der Waals surface area contributed by atoms with E-state index in [1.54, 1.807) is 11.8 Å². The Labute approximate surface area is 118 Å². The zero-order valence-electron chi connectivity index (χ0n) is 11.6. The molecule has 1 aliphatic rings. The molecule has 3 rings (SSSR count). The van der Waals surface area contributed by atoms with Crippen LogP contribution in [0.4, 0.5) is 0 Å². The predicted octanol–water partition coefficient (Wildman–Crippen LogP) is 3.41. The van der Waals surface area contributed by atoms with Crippen LogP contribution in [0.25, 0.3) is 5.78 Å². The van der Waals surface area contributed by atoms with Gasteiger partial charge in [0.1, 0.15) is 0 Å². The standard InChI is InChI=1S/C14H20N4S/c1-10-8-11(2)18-13(15-10)16-14(17-18)19-9-12-6-4-3-5-7-12/h8,12H,3-7,9H2,1-2H3. The van der Waals surface area contributed by atoms with Crippen molar-refractivity contribution in [2.24, 2.45) is 5.92 Å². The van der Waals surface area contributed by atoms with E-state index in [9.17, 15) is 0 Å². The van der Waals surface area contributed by atoms with Crippen LogP contribution in [0.5, 0.6) is 0 Å². The molecule has 2 heterocycles. The number of rotatable bonds is 3. The fraction of sp³-hybridized carbons (Fsp3) is 0.643. The monoisotopic (exact) mass is 276 g/mol. The van der Waals surface area contributed by atoms with Gasteiger partial charge in [0, 0.05) is 17.1 Å². The molecule has 2 aromatic heterocycles. The third-order valence-corrected chi connectivity index (χ3v) is 4.84. The van der Waals surface area contributed by atoms with Gasteiger partial charge in [-0.2, -0.15) is 4.98 Å². The van der Waals surface area contributed by atoms with Crippen LogP contribution in [0.3, 0.4) is 0 Å². The van der Waals surface area contributed by atoms with Crippen molar-refractivity contribution in [3.8, 4) is 0 Å². The Morgan fingerprint density at radius 1 is 1.21 bits per heavy atom. The van der Waals surface area contributed by atoms with Gasteiger partial charge in [-0.15, -0.1) is 5.10 Å². The van der Waals surface area contributed by atoms with Crippen molar-refractivity contribution >= 4 is 17.5 Å². The van der Waals surface area contributed by atoms with Gasteiger partial charge in [-0.1, -0.05) is 31.0 Å². The zero-order valence-corrected chi connectivity index (χ0v) is 12.4. The molecular weight excluding hydrogens is 256 g/mol. The second kappa shape index (κ2) is 5.49. The molecule has 0 aromatic carbocycles. The summed E-state index contributed by atoms with van der Waals surface area (Å²) in [7, 11) is 0. The Morgan fingerprint density at radius 3 is 2.79 bits per heavy atom. The highest BCUT2D eigenvalue weighted by atomic mass is 32.2. The van der Waals surface area contributed by atoms with Gasteiger partial charge < -0.3 is 0 Å². The Balaban J connectivity index is 1.72. The van der Waals surface area contributed by atoms with E-state index in [4.69, 9.17) is 0 Å². The van der Waals surface area contributed by atoms with Crippen molar-refractivity contribution < 1.29 is 0 Å². The minimum Gasteiger partial charge on any atom is -0.216 e. The van der Waals surface area contributed by atoms with Crippen molar-refractivity contribution in [3.63, 3.8) is 0 Å². The first kappa shape index (κ1) is 12.9. The fourth-order valence-electron chi connectivity index (χ4n) is 2.76. The molecule has 0 saturated heterocycles. The van der Waals surface area contributed by atoms with Crippen LogP contribution in [-0.2, 0) is 0 Å². The van der Waals surface area contributed by atoms with Crippen molar-refractivity contribution in [2.75, 3.05) is 5.75 Å². The molecule has 4 nitrogen and oxygen atoms in total. The van der Waals surface area contributed by atoms with Gasteiger partial charge in [0.05, 0.1) is 0 Å². The molecule has 1 saturated carbocycles. The van der Waals surface area contributed by atoms with E-state index in [0.717, 1.165) is 34.0 Å². The van der Waals surface area contributed by atoms with Gasteiger partial charge >= 0.3 is 0 Å². The van der Waals surface area contributed by atoms with E-state index < -0.39 is 0 Å². The maximum Gasteiger partial charge on any atom is 0.253 e. The first-order valence-electron chi connectivity index (χ1n) is 7.06. The highest BCUT2D eigenvalue weighted by molar-refractivity contribution is 7.99. The molecule has 2 aromatic rings. The highest BCUT2D eigenvalue weighted by Crippen LogP contribution is 2.28. The molecule has 5 heteroatoms. The molecule has 1 aliphatic carbocycles. The molecule has 0 atom stereocenters. The molecular formula is C14H20N4S. The van der Waals surface area contributed by atoms with E-state index in [2.05, 4.69) is 15.1 Å². The fourth-order valence-corrected chi connectivity index (χ4v) is 3.76. The summed E-state index contributed by atoms with van der Waals surface area (Å²) < 4.78 is 1.84. The normalized spacial score (nSPS) is 17.2. The maximum atomic E-state index is 4.54. The molecule has 102 valence electrons. The second-order valence-electron chi connectivity index (χ2n) is 5.46. The number of aromatic nitrogens is 4. The number of aryl methyl sites for hydroxylation is 2. The second-order valence-corrected chi connectivity index (χ2v) is 6.45. The van der Waals surface area contributed by atoms with Crippen molar-refractivity contribution in [1.29, 1.82) is 0 Å². The summed E-state index contributed by atoms with van der Waals surface area (Å²) in [6.45, 7) is 4.04. The number of hydrogen-bond donors (Lipinski definition) is 0. The zero-order chi connectivity index (χ0) is 13.2. The molecule has 0 amide bonds. The molecule has 0 N–H and O–H groups in total. The maximum absolute atomic E-state index is 4.54. The number of hydrogen-bond acceptors (Lipinski definition) is 4. The Bertz CT molecular complexity index is 572. The third-order valence-electron chi connectivity index (χ3n) is 3.77. The van der Waals surface area contributed by atoms with Crippen LogP contribution in [0.1, 0.15) is 43.5 Å². The smallest absolute Gasteiger partial charge is 0.216 e. The van der Waals surface area contributed by atoms with Crippen LogP contribution in [0.2, 0.25) is 0 Å². The summed E-state index contributed by atoms with van der Waals surface area (Å²) in [5, 5.41) is 5.41. The molecule has 0 spiro atoms. The largest absolute Gasteiger partial charge is 0.253 e. The SMILES string of the molecule is Cc1cc(C)n2nc(SCC3CCCCC3)nc2n1. The van der Waals surface area contributed by atoms with Gasteiger partial charge in [0.25, 0.3) is 5.78 Å². The van der Waals surface area contributed by atoms with E-state index in [1.807, 2.05) is 24.4 Å². The third kappa shape index (κ3) is 2.91. The number of thioether (sulfide) groups is 1. The van der Waals surface area contributed by atoms with Crippen molar-refractivity contribution in [1.82, 2.24) is 19.6 Å². The Kier molecular flexibility index (Phi) is 3.73. The van der Waals surface area contributed by atoms with Crippen molar-refractivity contribution in [2.45, 2.75) is 51.1 Å². The summed E-state index contributed by atoms with van der Waals surface area (Å²) in [5.74, 6) is 2.72. The van der Waals surface area contributed by atoms with Crippen LogP contribution in [-0.4, -0.2) is 25.3 Å². The lowest BCUT2D eigenvalue weighted by Gasteiger charge is -2.20. The van der Waals surface area contributed by atoms with Crippen LogP contribution in [0, 0.1) is 19.8 Å². The topological polar surface area (TPSA) is 43.1 Å². The van der Waals surface area contributed by atoms with E-state index in [-0.39, 0.29) is 0 Å². The summed E-state index contributed by atoms with van der Waals surface area (Å²) in [4.78, 5) is 8.95. The Morgan fingerprint density at radius 2 is 2.00 bits per heavy atom. The van der Waals surface area contributed by atoms with Crippen LogP contribution in [0.15, 0.2) is 11.2 Å². The van der Waals surface area contributed by atoms with Gasteiger partial charge in [-0.05, 0) is 38.7 Å². The van der Waals surface area contributed by atoms with Crippen LogP contribution >= 0.6 is 11.8 Å². The Hall–Kier alpha value is -1.10. The molecule has 0 radical (unpaired) electrons. The van der Waals surface area contributed by atoms with Gasteiger partial charge in [0.15, 0.2) is 0 Å². The lowest BCUT2D eigenvalue weighted by molar-refractivity contribution is 0.391. The van der Waals surface area contributed by atoms with Gasteiger partial charge in [0.2, 0.25) is 5.16 Å². The predicted molar refractivity (Wildman–Crippen MR) is 77.6 cm³/mol. The summed E-state index contributed by atoms with van der Waals surface area (Å²) >= 11 is 1.78. The number of nitrogens with zero attached hydrogens (tertiary/aromatic N) is 4. The van der Waals surface area contributed by atoms with Gasteiger partial charge in [-0.25, -0.2) is 9.50 Å². The first-order chi connectivity index (χ1) is 9.22. The highest BCUT2D eigenvalue weighted by Gasteiger charge is 2.15. The molecule has 1 fully saturated rings. The average Bonchev–Trinajstić information content (AvgIpc) is 2.81. The lowest BCUT2D eigenvalue weighted by Crippen LogP contribution is -2.08. The van der Waals surface area contributed by atoms with Crippen molar-refractivity contribution in [3.05, 3.63) is 17.5 Å². The summed E-state index contributed by atoms with van der Waals surface area (Å²) in [5.41, 5.74) is 2.10. The summed E-state index contributed by atoms with van der Waals surface area (Å²) in [6.07, 6.45) is 6.94. The first-order valence-corrected chi connectivity index (χ1v) is 8.05. The number of fused-ring (bicyclic) bond motifs is 1.